The minimum atomic E-state index is -1.14. The van der Waals surface area contributed by atoms with E-state index in [1.165, 1.54) is 0 Å². The van der Waals surface area contributed by atoms with Gasteiger partial charge in [-0.1, -0.05) is 80.0 Å². The van der Waals surface area contributed by atoms with Crippen LogP contribution in [0.25, 0.3) is 0 Å². The standard InChI is InChI=1S/C32H29ClN2O5/c1-16(2)29(32(39)40-15-24(36)34-18-13-12-17(3)23(33)14-18)35-30(37)27-25-19-8-4-5-9-20(19)26(28(27)31(35)38)22-11-7-6-10-21(22)25/h4-14,16,25-29H,15H2,1-3H3,(H,34,36)/t25?,26?,27-,28-,29-/m0/s1. The fraction of sp³-hybridized carbons (Fsp3) is 0.312. The van der Waals surface area contributed by atoms with Gasteiger partial charge in [-0.15, -0.1) is 0 Å². The van der Waals surface area contributed by atoms with Gasteiger partial charge in [-0.25, -0.2) is 4.79 Å². The number of nitrogens with one attached hydrogen (secondary N) is 1. The Labute approximate surface area is 237 Å². The Balaban J connectivity index is 1.25. The van der Waals surface area contributed by atoms with E-state index in [4.69, 9.17) is 16.3 Å². The third-order valence-corrected chi connectivity index (χ3v) is 8.84. The molecule has 1 heterocycles. The van der Waals surface area contributed by atoms with Crippen LogP contribution in [-0.2, 0) is 23.9 Å². The molecule has 8 heteroatoms. The number of carbonyl (C=O) groups is 4. The van der Waals surface area contributed by atoms with E-state index in [-0.39, 0.29) is 23.7 Å². The van der Waals surface area contributed by atoms with Crippen LogP contribution in [0.15, 0.2) is 66.7 Å². The Morgan fingerprint density at radius 1 is 0.875 bits per heavy atom. The summed E-state index contributed by atoms with van der Waals surface area (Å²) in [6.45, 7) is 4.82. The summed E-state index contributed by atoms with van der Waals surface area (Å²) in [7, 11) is 0. The van der Waals surface area contributed by atoms with Crippen LogP contribution in [0.5, 0.6) is 0 Å². The largest absolute Gasteiger partial charge is 0.454 e. The molecule has 3 amide bonds. The van der Waals surface area contributed by atoms with Gasteiger partial charge in [0, 0.05) is 22.5 Å². The molecule has 7 nitrogen and oxygen atoms in total. The molecule has 3 aromatic carbocycles. The van der Waals surface area contributed by atoms with Crippen LogP contribution < -0.4 is 5.32 Å². The number of nitrogens with zero attached hydrogens (tertiary/aromatic N) is 1. The number of esters is 1. The van der Waals surface area contributed by atoms with Crippen LogP contribution in [-0.4, -0.2) is 41.2 Å². The highest BCUT2D eigenvalue weighted by molar-refractivity contribution is 6.31. The lowest BCUT2D eigenvalue weighted by Gasteiger charge is -2.45. The van der Waals surface area contributed by atoms with Crippen LogP contribution in [0, 0.1) is 24.7 Å². The van der Waals surface area contributed by atoms with Gasteiger partial charge in [-0.3, -0.25) is 19.3 Å². The highest BCUT2D eigenvalue weighted by atomic mass is 35.5. The molecule has 0 spiro atoms. The Hall–Kier alpha value is -3.97. The maximum absolute atomic E-state index is 14.1. The number of rotatable bonds is 6. The van der Waals surface area contributed by atoms with Crippen molar-refractivity contribution in [1.29, 1.82) is 0 Å². The Morgan fingerprint density at radius 2 is 1.38 bits per heavy atom. The third-order valence-electron chi connectivity index (χ3n) is 8.43. The molecule has 1 saturated heterocycles. The minimum Gasteiger partial charge on any atom is -0.454 e. The molecule has 1 fully saturated rings. The van der Waals surface area contributed by atoms with Crippen molar-refractivity contribution < 1.29 is 23.9 Å². The normalized spacial score (nSPS) is 23.0. The molecule has 0 saturated carbocycles. The van der Waals surface area contributed by atoms with Crippen molar-refractivity contribution in [2.45, 2.75) is 38.6 Å². The maximum Gasteiger partial charge on any atom is 0.330 e. The first-order valence-electron chi connectivity index (χ1n) is 13.5. The second-order valence-corrected chi connectivity index (χ2v) is 11.5. The molecule has 7 rings (SSSR count). The van der Waals surface area contributed by atoms with Gasteiger partial charge in [0.05, 0.1) is 11.8 Å². The molecule has 1 aliphatic heterocycles. The quantitative estimate of drug-likeness (QED) is 0.339. The molecule has 0 unspecified atom stereocenters. The van der Waals surface area contributed by atoms with Crippen molar-refractivity contribution in [1.82, 2.24) is 4.90 Å². The summed E-state index contributed by atoms with van der Waals surface area (Å²) in [4.78, 5) is 55.1. The van der Waals surface area contributed by atoms with Crippen molar-refractivity contribution >= 4 is 41.0 Å². The number of aryl methyl sites for hydroxylation is 1. The van der Waals surface area contributed by atoms with Crippen LogP contribution in [0.3, 0.4) is 0 Å². The summed E-state index contributed by atoms with van der Waals surface area (Å²) in [6, 6.07) is 19.9. The van der Waals surface area contributed by atoms with Crippen LogP contribution in [0.1, 0.15) is 53.5 Å². The minimum absolute atomic E-state index is 0.264. The van der Waals surface area contributed by atoms with Gasteiger partial charge in [0.15, 0.2) is 6.61 Å². The van der Waals surface area contributed by atoms with Crippen molar-refractivity contribution in [2.75, 3.05) is 11.9 Å². The fourth-order valence-corrected chi connectivity index (χ4v) is 6.92. The van der Waals surface area contributed by atoms with E-state index in [0.29, 0.717) is 10.7 Å². The number of benzene rings is 3. The summed E-state index contributed by atoms with van der Waals surface area (Å²) >= 11 is 6.13. The van der Waals surface area contributed by atoms with Gasteiger partial charge in [0.25, 0.3) is 5.91 Å². The number of hydrogen-bond donors (Lipinski definition) is 1. The number of anilines is 1. The second kappa shape index (κ2) is 9.89. The number of amides is 3. The molecule has 1 N–H and O–H groups in total. The van der Waals surface area contributed by atoms with Gasteiger partial charge in [-0.2, -0.15) is 0 Å². The zero-order valence-electron chi connectivity index (χ0n) is 22.4. The van der Waals surface area contributed by atoms with Crippen LogP contribution in [0.2, 0.25) is 5.02 Å². The van der Waals surface area contributed by atoms with Crippen molar-refractivity contribution in [3.63, 3.8) is 0 Å². The topological polar surface area (TPSA) is 92.8 Å². The van der Waals surface area contributed by atoms with Gasteiger partial charge >= 0.3 is 5.97 Å². The van der Waals surface area contributed by atoms with Crippen molar-refractivity contribution in [2.24, 2.45) is 17.8 Å². The molecule has 4 aliphatic rings. The molecule has 3 aliphatic carbocycles. The fourth-order valence-electron chi connectivity index (χ4n) is 6.74. The first kappa shape index (κ1) is 26.3. The van der Waals surface area contributed by atoms with Crippen molar-refractivity contribution in [3.8, 4) is 0 Å². The highest BCUT2D eigenvalue weighted by Gasteiger charge is 2.63. The number of hydrogen-bond acceptors (Lipinski definition) is 5. The summed E-state index contributed by atoms with van der Waals surface area (Å²) < 4.78 is 5.38. The average molecular weight is 557 g/mol. The molecule has 3 atom stereocenters. The molecule has 40 heavy (non-hydrogen) atoms. The van der Waals surface area contributed by atoms with Crippen molar-refractivity contribution in [3.05, 3.63) is 99.6 Å². The van der Waals surface area contributed by atoms with E-state index in [1.807, 2.05) is 55.5 Å². The van der Waals surface area contributed by atoms with E-state index in [2.05, 4.69) is 5.32 Å². The molecular weight excluding hydrogens is 528 g/mol. The summed E-state index contributed by atoms with van der Waals surface area (Å²) in [5.74, 6) is -4.17. The first-order valence-corrected chi connectivity index (χ1v) is 13.8. The lowest BCUT2D eigenvalue weighted by molar-refractivity contribution is -0.162. The number of likely N-dealkylation sites (tertiary alicyclic amines) is 1. The number of imide groups is 1. The summed E-state index contributed by atoms with van der Waals surface area (Å²) in [5.41, 5.74) is 5.59. The predicted octanol–water partition coefficient (Wildman–Crippen LogP) is 5.05. The molecular formula is C32H29ClN2O5. The Bertz CT molecular complexity index is 1450. The van der Waals surface area contributed by atoms with E-state index >= 15 is 0 Å². The lowest BCUT2D eigenvalue weighted by atomic mass is 9.55. The zero-order valence-corrected chi connectivity index (χ0v) is 23.1. The van der Waals surface area contributed by atoms with E-state index in [0.717, 1.165) is 32.7 Å². The number of carbonyl (C=O) groups excluding carboxylic acids is 4. The Kier molecular flexibility index (Phi) is 6.50. The molecule has 2 bridgehead atoms. The lowest BCUT2D eigenvalue weighted by Crippen LogP contribution is -2.49. The Morgan fingerprint density at radius 3 is 1.82 bits per heavy atom. The highest BCUT2D eigenvalue weighted by Crippen LogP contribution is 2.61. The number of halogens is 1. The summed E-state index contributed by atoms with van der Waals surface area (Å²) in [6.07, 6.45) is 0. The van der Waals surface area contributed by atoms with Gasteiger partial charge in [-0.05, 0) is 52.8 Å². The first-order chi connectivity index (χ1) is 19.2. The number of ether oxygens (including phenoxy) is 1. The van der Waals surface area contributed by atoms with Crippen LogP contribution >= 0.6 is 11.6 Å². The molecule has 0 aromatic heterocycles. The van der Waals surface area contributed by atoms with Gasteiger partial charge in [0.1, 0.15) is 6.04 Å². The van der Waals surface area contributed by atoms with Gasteiger partial charge in [0.2, 0.25) is 11.8 Å². The smallest absolute Gasteiger partial charge is 0.330 e. The predicted molar refractivity (Wildman–Crippen MR) is 150 cm³/mol. The maximum atomic E-state index is 14.1. The third kappa shape index (κ3) is 4.03. The van der Waals surface area contributed by atoms with Crippen LogP contribution in [0.4, 0.5) is 5.69 Å². The zero-order chi connectivity index (χ0) is 28.3. The van der Waals surface area contributed by atoms with Gasteiger partial charge < -0.3 is 10.1 Å². The molecule has 0 radical (unpaired) electrons. The average Bonchev–Trinajstić information content (AvgIpc) is 3.20. The second-order valence-electron chi connectivity index (χ2n) is 11.1. The van der Waals surface area contributed by atoms with E-state index < -0.39 is 42.3 Å². The summed E-state index contributed by atoms with van der Waals surface area (Å²) in [5, 5.41) is 3.15. The monoisotopic (exact) mass is 556 g/mol. The SMILES string of the molecule is Cc1ccc(NC(=O)COC(=O)[C@H](C(C)C)N2C(=O)[C@H]3C4c5ccccc5C(c5ccccc54)[C@@H]3C2=O)cc1Cl. The molecule has 3 aromatic rings. The molecule has 204 valence electrons. The van der Waals surface area contributed by atoms with E-state index in [9.17, 15) is 19.2 Å². The van der Waals surface area contributed by atoms with E-state index in [1.54, 1.807) is 32.0 Å².